The van der Waals surface area contributed by atoms with E-state index in [4.69, 9.17) is 4.74 Å². The van der Waals surface area contributed by atoms with E-state index in [0.29, 0.717) is 4.73 Å². The molecule has 0 amide bonds. The molecule has 22 heavy (non-hydrogen) atoms. The Balaban J connectivity index is 2.47. The minimum atomic E-state index is -1.45. The topological polar surface area (TPSA) is 124 Å². The number of aromatic hydroxyl groups is 2. The second kappa shape index (κ2) is 7.34. The van der Waals surface area contributed by atoms with Crippen LogP contribution in [0, 0.1) is 11.8 Å². The zero-order chi connectivity index (χ0) is 16.9. The Kier molecular flexibility index (Phi) is 5.79. The summed E-state index contributed by atoms with van der Waals surface area (Å²) in [5.41, 5.74) is 0. The smallest absolute Gasteiger partial charge is 0.492 e. The van der Waals surface area contributed by atoms with Gasteiger partial charge in [0.25, 0.3) is 0 Å². The van der Waals surface area contributed by atoms with Crippen molar-refractivity contribution in [2.24, 2.45) is 11.8 Å². The third kappa shape index (κ3) is 4.69. The number of hydrogen-bond donors (Lipinski definition) is 2. The molecule has 0 bridgehead atoms. The van der Waals surface area contributed by atoms with E-state index in [1.165, 1.54) is 6.92 Å². The second-order valence-electron chi connectivity index (χ2n) is 4.79. The van der Waals surface area contributed by atoms with Gasteiger partial charge in [0.2, 0.25) is 11.8 Å². The van der Waals surface area contributed by atoms with Crippen LogP contribution < -0.4 is 4.84 Å². The van der Waals surface area contributed by atoms with Gasteiger partial charge < -0.3 is 19.7 Å². The summed E-state index contributed by atoms with van der Waals surface area (Å²) >= 11 is 0. The van der Waals surface area contributed by atoms with E-state index >= 15 is 0 Å². The zero-order valence-corrected chi connectivity index (χ0v) is 12.3. The second-order valence-corrected chi connectivity index (χ2v) is 4.79. The fourth-order valence-corrected chi connectivity index (χ4v) is 1.21. The predicted molar refractivity (Wildman–Crippen MR) is 70.8 cm³/mol. The largest absolute Gasteiger partial charge is 0.541 e. The lowest BCUT2D eigenvalue weighted by Gasteiger charge is -2.12. The van der Waals surface area contributed by atoms with Crippen molar-refractivity contribution in [3.05, 3.63) is 12.1 Å². The molecule has 1 aromatic rings. The van der Waals surface area contributed by atoms with Gasteiger partial charge in [0.05, 0.1) is 11.8 Å². The minimum Gasteiger partial charge on any atom is -0.492 e. The van der Waals surface area contributed by atoms with Crippen LogP contribution in [0.1, 0.15) is 20.8 Å². The third-order valence-electron chi connectivity index (χ3n) is 2.50. The van der Waals surface area contributed by atoms with Crippen molar-refractivity contribution < 1.29 is 38.9 Å². The van der Waals surface area contributed by atoms with Crippen molar-refractivity contribution in [1.82, 2.24) is 4.73 Å². The van der Waals surface area contributed by atoms with Crippen molar-refractivity contribution in [2.45, 2.75) is 20.8 Å². The number of carbonyl (C=O) groups excluding carboxylic acids is 3. The summed E-state index contributed by atoms with van der Waals surface area (Å²) in [6.07, 6.45) is -1.45. The van der Waals surface area contributed by atoms with Gasteiger partial charge in [-0.3, -0.25) is 14.4 Å². The number of rotatable bonds is 5. The maximum Gasteiger partial charge on any atom is 0.541 e. The van der Waals surface area contributed by atoms with Gasteiger partial charge in [0.1, 0.15) is 6.61 Å². The standard InChI is InChI=1S/C13H17NO8/c1-7(2)11(17)20-6-8(3)12(18)21-13(19)22-14-9(15)4-5-10(14)16/h4-5,7-8,15-16H,6H2,1-3H3. The van der Waals surface area contributed by atoms with Gasteiger partial charge in [0.15, 0.2) is 0 Å². The van der Waals surface area contributed by atoms with Gasteiger partial charge in [-0.15, -0.1) is 4.73 Å². The van der Waals surface area contributed by atoms with E-state index in [-0.39, 0.29) is 12.5 Å². The van der Waals surface area contributed by atoms with Crippen LogP contribution in [-0.4, -0.2) is 39.6 Å². The molecule has 1 unspecified atom stereocenters. The summed E-state index contributed by atoms with van der Waals surface area (Å²) in [5, 5.41) is 18.5. The van der Waals surface area contributed by atoms with Crippen LogP contribution in [0.3, 0.4) is 0 Å². The Morgan fingerprint density at radius 3 is 2.14 bits per heavy atom. The monoisotopic (exact) mass is 315 g/mol. The average Bonchev–Trinajstić information content (AvgIpc) is 2.75. The van der Waals surface area contributed by atoms with Crippen molar-refractivity contribution in [1.29, 1.82) is 0 Å². The van der Waals surface area contributed by atoms with Crippen LogP contribution in [0.25, 0.3) is 0 Å². The quantitative estimate of drug-likeness (QED) is 0.604. The number of ether oxygens (including phenoxy) is 2. The molecule has 2 N–H and O–H groups in total. The van der Waals surface area contributed by atoms with E-state index < -0.39 is 35.8 Å². The average molecular weight is 315 g/mol. The molecule has 9 heteroatoms. The highest BCUT2D eigenvalue weighted by atomic mass is 16.8. The first kappa shape index (κ1) is 17.3. The van der Waals surface area contributed by atoms with Crippen LogP contribution in [0.5, 0.6) is 11.8 Å². The first-order valence-corrected chi connectivity index (χ1v) is 6.42. The summed E-state index contributed by atoms with van der Waals surface area (Å²) in [7, 11) is 0. The van der Waals surface area contributed by atoms with E-state index in [0.717, 1.165) is 12.1 Å². The number of aromatic nitrogens is 1. The highest BCUT2D eigenvalue weighted by Gasteiger charge is 2.23. The molecule has 0 aliphatic heterocycles. The SMILES string of the molecule is CC(C)C(=O)OCC(C)C(=O)OC(=O)On1c(O)ccc1O. The molecule has 9 nitrogen and oxygen atoms in total. The third-order valence-corrected chi connectivity index (χ3v) is 2.50. The summed E-state index contributed by atoms with van der Waals surface area (Å²) in [4.78, 5) is 38.6. The lowest BCUT2D eigenvalue weighted by molar-refractivity contribution is -0.153. The Bertz CT molecular complexity index is 543. The van der Waals surface area contributed by atoms with Gasteiger partial charge >= 0.3 is 18.1 Å². The van der Waals surface area contributed by atoms with Crippen LogP contribution in [0.4, 0.5) is 4.79 Å². The summed E-state index contributed by atoms with van der Waals surface area (Å²) in [6, 6.07) is 2.14. The van der Waals surface area contributed by atoms with Gasteiger partial charge in [-0.25, -0.2) is 4.79 Å². The summed E-state index contributed by atoms with van der Waals surface area (Å²) < 4.78 is 9.56. The molecule has 0 radical (unpaired) electrons. The lowest BCUT2D eigenvalue weighted by Crippen LogP contribution is -2.28. The van der Waals surface area contributed by atoms with Gasteiger partial charge in [-0.1, -0.05) is 13.8 Å². The van der Waals surface area contributed by atoms with Crippen LogP contribution in [0.2, 0.25) is 0 Å². The van der Waals surface area contributed by atoms with E-state index in [2.05, 4.69) is 9.57 Å². The van der Waals surface area contributed by atoms with E-state index in [1.807, 2.05) is 0 Å². The Hall–Kier alpha value is -2.71. The number of hydrogen-bond acceptors (Lipinski definition) is 8. The molecule has 0 aromatic carbocycles. The van der Waals surface area contributed by atoms with E-state index in [1.54, 1.807) is 13.8 Å². The Morgan fingerprint density at radius 1 is 1.09 bits per heavy atom. The number of esters is 2. The Labute approximate surface area is 126 Å². The van der Waals surface area contributed by atoms with E-state index in [9.17, 15) is 24.6 Å². The van der Waals surface area contributed by atoms with Crippen molar-refractivity contribution in [3.63, 3.8) is 0 Å². The molecular weight excluding hydrogens is 298 g/mol. The van der Waals surface area contributed by atoms with Crippen LogP contribution in [0.15, 0.2) is 12.1 Å². The molecule has 122 valence electrons. The van der Waals surface area contributed by atoms with Crippen molar-refractivity contribution in [3.8, 4) is 11.8 Å². The lowest BCUT2D eigenvalue weighted by atomic mass is 10.2. The van der Waals surface area contributed by atoms with Crippen molar-refractivity contribution in [2.75, 3.05) is 6.61 Å². The summed E-state index contributed by atoms with van der Waals surface area (Å²) in [5.74, 6) is -3.80. The van der Waals surface area contributed by atoms with Crippen molar-refractivity contribution >= 4 is 18.1 Å². The maximum atomic E-state index is 11.6. The predicted octanol–water partition coefficient (Wildman–Crippen LogP) is 0.826. The zero-order valence-electron chi connectivity index (χ0n) is 12.3. The molecule has 0 fully saturated rings. The normalized spacial score (nSPS) is 11.8. The molecule has 0 saturated heterocycles. The molecular formula is C13H17NO8. The Morgan fingerprint density at radius 2 is 1.64 bits per heavy atom. The van der Waals surface area contributed by atoms with Gasteiger partial charge in [0, 0.05) is 12.1 Å². The molecule has 0 saturated carbocycles. The molecule has 0 aliphatic carbocycles. The van der Waals surface area contributed by atoms with Gasteiger partial charge in [-0.05, 0) is 6.92 Å². The molecule has 1 heterocycles. The number of carbonyl (C=O) groups is 3. The molecule has 1 atom stereocenters. The molecule has 1 rings (SSSR count). The fraction of sp³-hybridized carbons (Fsp3) is 0.462. The molecule has 0 spiro atoms. The van der Waals surface area contributed by atoms with Gasteiger partial charge in [-0.2, -0.15) is 0 Å². The fourth-order valence-electron chi connectivity index (χ4n) is 1.21. The highest BCUT2D eigenvalue weighted by Crippen LogP contribution is 2.18. The van der Waals surface area contributed by atoms with Crippen LogP contribution >= 0.6 is 0 Å². The molecule has 0 aliphatic rings. The van der Waals surface area contributed by atoms with Crippen LogP contribution in [-0.2, 0) is 19.1 Å². The molecule has 1 aromatic heterocycles. The first-order chi connectivity index (χ1) is 10.2. The highest BCUT2D eigenvalue weighted by molar-refractivity contribution is 5.83. The summed E-state index contributed by atoms with van der Waals surface area (Å²) in [6.45, 7) is 4.43. The number of nitrogens with zero attached hydrogens (tertiary/aromatic N) is 1. The first-order valence-electron chi connectivity index (χ1n) is 6.42. The minimum absolute atomic E-state index is 0.247. The maximum absolute atomic E-state index is 11.6.